The van der Waals surface area contributed by atoms with Crippen LogP contribution in [0.2, 0.25) is 0 Å². The Bertz CT molecular complexity index is 4870. The van der Waals surface area contributed by atoms with Gasteiger partial charge in [-0.2, -0.15) is 0 Å². The van der Waals surface area contributed by atoms with E-state index in [9.17, 15) is 0 Å². The molecule has 0 saturated carbocycles. The van der Waals surface area contributed by atoms with E-state index in [0.717, 1.165) is 36.3 Å². The lowest BCUT2D eigenvalue weighted by molar-refractivity contribution is 0.831. The standard InChI is InChI=1S/C72H48N6/c1-3-13-50(14-4-1)75-65-21-9-7-19-55(65)60-37-45(24-31-67(60)75)47-27-34-70-62(39-47)58-30-29-54-57(72(58)78(70)53-18-12-36-74-44-53)28-23-49-41-64-63-40-48(26-33-69(63)77(71(64)42-59(49)54)52-17-11-35-73-43-52)46-25-32-68-61(38-46)56-20-8-10-22-66(56)76(68)51-15-5-2-6-16-51/h1-22,24-27,29-31,33-44,68H,23,28,32H2. The molecule has 6 heterocycles. The van der Waals surface area contributed by atoms with Gasteiger partial charge in [0, 0.05) is 67.3 Å². The van der Waals surface area contributed by atoms with Crippen molar-refractivity contribution in [3.63, 3.8) is 0 Å². The third kappa shape index (κ3) is 6.31. The minimum absolute atomic E-state index is 0.255. The number of hydrogen-bond donors (Lipinski definition) is 0. The molecule has 0 radical (unpaired) electrons. The molecule has 1 aliphatic heterocycles. The van der Waals surface area contributed by atoms with Crippen LogP contribution >= 0.6 is 0 Å². The second-order valence-corrected chi connectivity index (χ2v) is 21.2. The first kappa shape index (κ1) is 43.2. The van der Waals surface area contributed by atoms with Crippen LogP contribution in [0.25, 0.3) is 116 Å². The van der Waals surface area contributed by atoms with Crippen molar-refractivity contribution in [1.82, 2.24) is 23.7 Å². The number of anilines is 2. The van der Waals surface area contributed by atoms with E-state index in [4.69, 9.17) is 0 Å². The van der Waals surface area contributed by atoms with E-state index >= 15 is 0 Å². The predicted octanol–water partition coefficient (Wildman–Crippen LogP) is 17.6. The molecule has 366 valence electrons. The molecular formula is C72H48N6. The minimum atomic E-state index is 0.255. The molecule has 5 aromatic heterocycles. The van der Waals surface area contributed by atoms with Crippen LogP contribution in [0.1, 0.15) is 28.7 Å². The molecule has 1 atom stereocenters. The van der Waals surface area contributed by atoms with Gasteiger partial charge in [-0.05, 0) is 185 Å². The van der Waals surface area contributed by atoms with Gasteiger partial charge in [-0.25, -0.2) is 0 Å². The smallest absolute Gasteiger partial charge is 0.0645 e. The van der Waals surface area contributed by atoms with E-state index in [-0.39, 0.29) is 6.04 Å². The largest absolute Gasteiger partial charge is 0.333 e. The van der Waals surface area contributed by atoms with Crippen molar-refractivity contribution in [2.24, 2.45) is 0 Å². The molecule has 9 aromatic carbocycles. The number of aryl methyl sites for hydroxylation is 2. The summed E-state index contributed by atoms with van der Waals surface area (Å²) in [6, 6.07) is 78.8. The Hall–Kier alpha value is -10.0. The highest BCUT2D eigenvalue weighted by molar-refractivity contribution is 6.16. The van der Waals surface area contributed by atoms with E-state index in [2.05, 4.69) is 247 Å². The monoisotopic (exact) mass is 996 g/mol. The molecule has 1 unspecified atom stereocenters. The van der Waals surface area contributed by atoms with Crippen LogP contribution in [0.5, 0.6) is 0 Å². The summed E-state index contributed by atoms with van der Waals surface area (Å²) in [5.41, 5.74) is 25.9. The molecule has 0 saturated heterocycles. The molecule has 14 aromatic rings. The molecule has 78 heavy (non-hydrogen) atoms. The molecule has 0 fully saturated rings. The Kier molecular flexibility index (Phi) is 9.27. The number of nitrogens with zero attached hydrogens (tertiary/aromatic N) is 6. The SMILES string of the molecule is C1=C(c2ccc3c(c2)c2cc4c(cc2n3-c2cccnc2)-c2ccc3c5cc(-c6ccc7c(c6)c6ccccc6n7-c6ccccc6)ccc5n(-c5cccnc5)c3c2CC4)C=C2c3ccccc3N(c3ccccc3)C2C1. The molecule has 6 heteroatoms. The van der Waals surface area contributed by atoms with Crippen LogP contribution in [-0.4, -0.2) is 29.7 Å². The molecule has 0 amide bonds. The average Bonchev–Trinajstić information content (AvgIpc) is 4.28. The number of rotatable bonds is 6. The van der Waals surface area contributed by atoms with Gasteiger partial charge in [0.05, 0.1) is 62.9 Å². The molecule has 6 nitrogen and oxygen atoms in total. The van der Waals surface area contributed by atoms with Crippen molar-refractivity contribution in [2.45, 2.75) is 25.3 Å². The first-order valence-corrected chi connectivity index (χ1v) is 27.2. The lowest BCUT2D eigenvalue weighted by Crippen LogP contribution is -2.27. The van der Waals surface area contributed by atoms with E-state index < -0.39 is 0 Å². The number of pyridine rings is 2. The number of hydrogen-bond acceptors (Lipinski definition) is 3. The van der Waals surface area contributed by atoms with Crippen LogP contribution < -0.4 is 4.90 Å². The van der Waals surface area contributed by atoms with E-state index in [0.29, 0.717) is 0 Å². The van der Waals surface area contributed by atoms with Gasteiger partial charge < -0.3 is 18.6 Å². The van der Waals surface area contributed by atoms with Gasteiger partial charge in [-0.1, -0.05) is 109 Å². The second-order valence-electron chi connectivity index (χ2n) is 21.2. The Morgan fingerprint density at radius 2 is 0.974 bits per heavy atom. The molecule has 17 rings (SSSR count). The predicted molar refractivity (Wildman–Crippen MR) is 323 cm³/mol. The van der Waals surface area contributed by atoms with Crippen LogP contribution in [0.15, 0.2) is 249 Å². The van der Waals surface area contributed by atoms with Crippen LogP contribution in [0, 0.1) is 0 Å². The molecule has 2 aliphatic carbocycles. The van der Waals surface area contributed by atoms with Gasteiger partial charge in [0.2, 0.25) is 0 Å². The number of allylic oxidation sites excluding steroid dienone is 2. The fourth-order valence-corrected chi connectivity index (χ4v) is 13.8. The van der Waals surface area contributed by atoms with Gasteiger partial charge >= 0.3 is 0 Å². The van der Waals surface area contributed by atoms with Crippen molar-refractivity contribution in [3.05, 3.63) is 272 Å². The lowest BCUT2D eigenvalue weighted by Gasteiger charge is -2.29. The average molecular weight is 997 g/mol. The van der Waals surface area contributed by atoms with E-state index in [1.807, 2.05) is 30.9 Å². The Morgan fingerprint density at radius 3 is 1.73 bits per heavy atom. The van der Waals surface area contributed by atoms with Crippen LogP contribution in [0.4, 0.5) is 11.4 Å². The third-order valence-electron chi connectivity index (χ3n) is 17.2. The van der Waals surface area contributed by atoms with Gasteiger partial charge in [-0.15, -0.1) is 0 Å². The van der Waals surface area contributed by atoms with Crippen LogP contribution in [0.3, 0.4) is 0 Å². The van der Waals surface area contributed by atoms with Gasteiger partial charge in [0.25, 0.3) is 0 Å². The van der Waals surface area contributed by atoms with E-state index in [1.54, 1.807) is 0 Å². The molecule has 3 aliphatic rings. The van der Waals surface area contributed by atoms with Gasteiger partial charge in [0.1, 0.15) is 0 Å². The quantitative estimate of drug-likeness (QED) is 0.167. The number of fused-ring (bicyclic) bond motifs is 16. The van der Waals surface area contributed by atoms with Gasteiger partial charge in [-0.3, -0.25) is 9.97 Å². The fourth-order valence-electron chi connectivity index (χ4n) is 13.8. The third-order valence-corrected chi connectivity index (χ3v) is 17.2. The normalized spacial score (nSPS) is 14.8. The van der Waals surface area contributed by atoms with Crippen molar-refractivity contribution < 1.29 is 0 Å². The highest BCUT2D eigenvalue weighted by Crippen LogP contribution is 2.50. The number of benzene rings is 9. The minimum Gasteiger partial charge on any atom is -0.333 e. The summed E-state index contributed by atoms with van der Waals surface area (Å²) in [5, 5.41) is 7.51. The summed E-state index contributed by atoms with van der Waals surface area (Å²) < 4.78 is 7.28. The summed E-state index contributed by atoms with van der Waals surface area (Å²) in [6.07, 6.45) is 15.4. The zero-order valence-corrected chi connectivity index (χ0v) is 42.6. The van der Waals surface area contributed by atoms with Crippen molar-refractivity contribution in [1.29, 1.82) is 0 Å². The summed E-state index contributed by atoms with van der Waals surface area (Å²) in [4.78, 5) is 11.8. The topological polar surface area (TPSA) is 43.8 Å². The van der Waals surface area contributed by atoms with Crippen molar-refractivity contribution in [3.8, 4) is 39.3 Å². The summed E-state index contributed by atoms with van der Waals surface area (Å²) >= 11 is 0. The first-order chi connectivity index (χ1) is 38.7. The zero-order chi connectivity index (χ0) is 51.0. The fraction of sp³-hybridized carbons (Fsp3) is 0.0556. The molecule has 0 bridgehead atoms. The maximum atomic E-state index is 4.67. The van der Waals surface area contributed by atoms with Gasteiger partial charge in [0.15, 0.2) is 0 Å². The Balaban J connectivity index is 0.813. The zero-order valence-electron chi connectivity index (χ0n) is 42.6. The summed E-state index contributed by atoms with van der Waals surface area (Å²) in [7, 11) is 0. The highest BCUT2D eigenvalue weighted by atomic mass is 15.2. The summed E-state index contributed by atoms with van der Waals surface area (Å²) in [5.74, 6) is 0. The van der Waals surface area contributed by atoms with Crippen LogP contribution in [-0.2, 0) is 12.8 Å². The molecular weight excluding hydrogens is 949 g/mol. The lowest BCUT2D eigenvalue weighted by atomic mass is 9.83. The highest BCUT2D eigenvalue weighted by Gasteiger charge is 2.36. The summed E-state index contributed by atoms with van der Waals surface area (Å²) in [6.45, 7) is 0. The molecule has 0 spiro atoms. The van der Waals surface area contributed by atoms with E-state index in [1.165, 1.54) is 132 Å². The van der Waals surface area contributed by atoms with Crippen molar-refractivity contribution >= 4 is 87.9 Å². The maximum Gasteiger partial charge on any atom is 0.0645 e. The second kappa shape index (κ2) is 16.7. The number of para-hydroxylation sites is 4. The first-order valence-electron chi connectivity index (χ1n) is 27.2. The Morgan fingerprint density at radius 1 is 0.385 bits per heavy atom. The Labute approximate surface area is 450 Å². The van der Waals surface area contributed by atoms with Crippen molar-refractivity contribution in [2.75, 3.05) is 4.90 Å². The number of aromatic nitrogens is 5. The maximum absolute atomic E-state index is 4.67. The molecule has 0 N–H and O–H groups in total.